The molecule has 0 N–H and O–H groups in total. The van der Waals surface area contributed by atoms with E-state index < -0.39 is 0 Å². The van der Waals surface area contributed by atoms with Crippen molar-refractivity contribution in [1.82, 2.24) is 9.88 Å². The maximum Gasteiger partial charge on any atom is 0.230 e. The summed E-state index contributed by atoms with van der Waals surface area (Å²) in [5.74, 6) is -0.510. The molecule has 4 aromatic rings. The zero-order valence-corrected chi connectivity index (χ0v) is 18.8. The first-order valence-electron chi connectivity index (χ1n) is 10.3. The van der Waals surface area contributed by atoms with Gasteiger partial charge in [-0.3, -0.25) is 14.6 Å². The molecule has 4 nitrogen and oxygen atoms in total. The molecule has 1 heterocycles. The van der Waals surface area contributed by atoms with Gasteiger partial charge in [-0.2, -0.15) is 0 Å². The van der Waals surface area contributed by atoms with Crippen LogP contribution in [0.4, 0.5) is 15.2 Å². The first-order chi connectivity index (χ1) is 15.5. The Morgan fingerprint density at radius 1 is 0.938 bits per heavy atom. The number of thiazole rings is 1. The van der Waals surface area contributed by atoms with Crippen molar-refractivity contribution >= 4 is 28.1 Å². The van der Waals surface area contributed by atoms with Crippen molar-refractivity contribution in [2.45, 2.75) is 19.5 Å². The molecular weight excluding hydrogens is 421 g/mol. The number of hydrogen-bond donors (Lipinski definition) is 0. The third kappa shape index (κ3) is 4.93. The monoisotopic (exact) mass is 445 g/mol. The van der Waals surface area contributed by atoms with E-state index in [1.54, 1.807) is 12.1 Å². The number of aromatic nitrogens is 1. The van der Waals surface area contributed by atoms with Gasteiger partial charge in [0.1, 0.15) is 5.82 Å². The zero-order valence-electron chi connectivity index (χ0n) is 18.0. The molecule has 0 unspecified atom stereocenters. The van der Waals surface area contributed by atoms with Crippen LogP contribution in [0, 0.1) is 5.82 Å². The van der Waals surface area contributed by atoms with Crippen LogP contribution in [-0.2, 0) is 11.3 Å². The second-order valence-electron chi connectivity index (χ2n) is 7.59. The Balaban J connectivity index is 1.59. The Bertz CT molecular complexity index is 1120. The Kier molecular flexibility index (Phi) is 6.73. The lowest BCUT2D eigenvalue weighted by Crippen LogP contribution is -2.26. The summed E-state index contributed by atoms with van der Waals surface area (Å²) in [5.41, 5.74) is 3.87. The Labute approximate surface area is 191 Å². The molecule has 0 spiro atoms. The van der Waals surface area contributed by atoms with Crippen LogP contribution >= 0.6 is 11.3 Å². The highest BCUT2D eigenvalue weighted by molar-refractivity contribution is 7.14. The predicted octanol–water partition coefficient (Wildman–Crippen LogP) is 6.19. The lowest BCUT2D eigenvalue weighted by Gasteiger charge is -2.28. The molecule has 32 heavy (non-hydrogen) atoms. The molecule has 0 aliphatic heterocycles. The molecule has 4 rings (SSSR count). The van der Waals surface area contributed by atoms with Crippen molar-refractivity contribution < 1.29 is 9.18 Å². The molecular formula is C26H24FN3OS. The van der Waals surface area contributed by atoms with E-state index in [0.29, 0.717) is 17.4 Å². The van der Waals surface area contributed by atoms with Crippen LogP contribution in [0.2, 0.25) is 0 Å². The van der Waals surface area contributed by atoms with E-state index >= 15 is 0 Å². The zero-order chi connectivity index (χ0) is 22.5. The number of carbonyl (C=O) groups excluding carboxylic acids is 1. The van der Waals surface area contributed by atoms with Crippen LogP contribution < -0.4 is 4.90 Å². The summed E-state index contributed by atoms with van der Waals surface area (Å²) in [7, 11) is 2.08. The fraction of sp³-hybridized carbons (Fsp3) is 0.154. The van der Waals surface area contributed by atoms with Crippen molar-refractivity contribution in [2.24, 2.45) is 0 Å². The lowest BCUT2D eigenvalue weighted by molar-refractivity contribution is -0.115. The first-order valence-corrected chi connectivity index (χ1v) is 11.2. The fourth-order valence-corrected chi connectivity index (χ4v) is 4.69. The van der Waals surface area contributed by atoms with Crippen LogP contribution in [0.3, 0.4) is 0 Å². The van der Waals surface area contributed by atoms with Gasteiger partial charge in [-0.1, -0.05) is 60.7 Å². The third-order valence-corrected chi connectivity index (χ3v) is 6.09. The number of rotatable bonds is 7. The largest absolute Gasteiger partial charge is 0.290 e. The molecule has 0 fully saturated rings. The Morgan fingerprint density at radius 3 is 2.03 bits per heavy atom. The highest BCUT2D eigenvalue weighted by Crippen LogP contribution is 2.32. The summed E-state index contributed by atoms with van der Waals surface area (Å²) in [6.07, 6.45) is 0. The van der Waals surface area contributed by atoms with Crippen LogP contribution in [0.15, 0.2) is 90.3 Å². The Morgan fingerprint density at radius 2 is 1.50 bits per heavy atom. The van der Waals surface area contributed by atoms with Gasteiger partial charge < -0.3 is 0 Å². The number of amides is 1. The van der Waals surface area contributed by atoms with Crippen molar-refractivity contribution in [2.75, 3.05) is 11.9 Å². The minimum atomic E-state index is -0.341. The van der Waals surface area contributed by atoms with Crippen molar-refractivity contribution in [3.05, 3.63) is 113 Å². The van der Waals surface area contributed by atoms with E-state index in [9.17, 15) is 9.18 Å². The minimum absolute atomic E-state index is 0.0727. The van der Waals surface area contributed by atoms with Gasteiger partial charge in [0, 0.05) is 18.8 Å². The van der Waals surface area contributed by atoms with Crippen LogP contribution in [0.25, 0.3) is 0 Å². The molecule has 0 saturated heterocycles. The second-order valence-corrected chi connectivity index (χ2v) is 8.43. The van der Waals surface area contributed by atoms with E-state index in [0.717, 1.165) is 5.69 Å². The average Bonchev–Trinajstić information content (AvgIpc) is 3.24. The normalized spacial score (nSPS) is 11.2. The van der Waals surface area contributed by atoms with E-state index in [4.69, 9.17) is 4.98 Å². The number of carbonyl (C=O) groups is 1. The maximum absolute atomic E-state index is 13.3. The van der Waals surface area contributed by atoms with Gasteiger partial charge in [-0.05, 0) is 42.4 Å². The summed E-state index contributed by atoms with van der Waals surface area (Å²) in [6, 6.07) is 26.7. The third-order valence-electron chi connectivity index (χ3n) is 5.21. The number of nitrogens with zero attached hydrogens (tertiary/aromatic N) is 3. The molecule has 0 aliphatic rings. The number of anilines is 2. The average molecular weight is 446 g/mol. The van der Waals surface area contributed by atoms with Gasteiger partial charge in [0.05, 0.1) is 17.4 Å². The van der Waals surface area contributed by atoms with Crippen LogP contribution in [0.1, 0.15) is 29.8 Å². The second kappa shape index (κ2) is 9.85. The fourth-order valence-electron chi connectivity index (χ4n) is 3.81. The topological polar surface area (TPSA) is 36.4 Å². The predicted molar refractivity (Wildman–Crippen MR) is 128 cm³/mol. The van der Waals surface area contributed by atoms with Gasteiger partial charge in [0.25, 0.3) is 0 Å². The molecule has 0 saturated carbocycles. The van der Waals surface area contributed by atoms with Crippen molar-refractivity contribution in [3.63, 3.8) is 0 Å². The molecule has 1 amide bonds. The van der Waals surface area contributed by atoms with Crippen LogP contribution in [0.5, 0.6) is 0 Å². The summed E-state index contributed by atoms with van der Waals surface area (Å²) in [4.78, 5) is 20.8. The molecule has 0 bridgehead atoms. The standard InChI is InChI=1S/C26H24FN3OS/c1-19(31)30(24-15-13-22(27)14-16-24)26-28-23(18-32-26)17-29(2)25(20-9-5-3-6-10-20)21-11-7-4-8-12-21/h3-16,18,25H,17H2,1-2H3. The SMILES string of the molecule is CC(=O)N(c1ccc(F)cc1)c1nc(CN(C)C(c2ccccc2)c2ccccc2)cs1. The van der Waals surface area contributed by atoms with Gasteiger partial charge >= 0.3 is 0 Å². The summed E-state index contributed by atoms with van der Waals surface area (Å²) in [6.45, 7) is 2.09. The molecule has 0 radical (unpaired) electrons. The van der Waals surface area contributed by atoms with E-state index in [1.807, 2.05) is 41.8 Å². The molecule has 1 aromatic heterocycles. The molecule has 162 valence electrons. The van der Waals surface area contributed by atoms with Crippen LogP contribution in [-0.4, -0.2) is 22.8 Å². The van der Waals surface area contributed by atoms with E-state index in [-0.39, 0.29) is 17.8 Å². The molecule has 0 atom stereocenters. The smallest absolute Gasteiger partial charge is 0.230 e. The Hall–Kier alpha value is -3.35. The van der Waals surface area contributed by atoms with E-state index in [1.165, 1.54) is 46.4 Å². The van der Waals surface area contributed by atoms with Crippen molar-refractivity contribution in [3.8, 4) is 0 Å². The molecule has 0 aliphatic carbocycles. The summed E-state index contributed by atoms with van der Waals surface area (Å²) >= 11 is 1.40. The summed E-state index contributed by atoms with van der Waals surface area (Å²) in [5, 5.41) is 2.54. The van der Waals surface area contributed by atoms with E-state index in [2.05, 4.69) is 36.2 Å². The molecule has 3 aromatic carbocycles. The highest BCUT2D eigenvalue weighted by Gasteiger charge is 2.22. The first kappa shape index (κ1) is 21.9. The highest BCUT2D eigenvalue weighted by atomic mass is 32.1. The van der Waals surface area contributed by atoms with Gasteiger partial charge in [-0.15, -0.1) is 11.3 Å². The number of halogens is 1. The maximum atomic E-state index is 13.3. The molecule has 6 heteroatoms. The van der Waals surface area contributed by atoms with Gasteiger partial charge in [0.2, 0.25) is 5.91 Å². The summed E-state index contributed by atoms with van der Waals surface area (Å²) < 4.78 is 13.3. The number of hydrogen-bond acceptors (Lipinski definition) is 4. The number of benzene rings is 3. The quantitative estimate of drug-likeness (QED) is 0.340. The lowest BCUT2D eigenvalue weighted by atomic mass is 9.97. The van der Waals surface area contributed by atoms with Gasteiger partial charge in [0.15, 0.2) is 5.13 Å². The van der Waals surface area contributed by atoms with Crippen molar-refractivity contribution in [1.29, 1.82) is 0 Å². The minimum Gasteiger partial charge on any atom is -0.290 e. The van der Waals surface area contributed by atoms with Gasteiger partial charge in [-0.25, -0.2) is 9.37 Å².